The maximum Gasteiger partial charge on any atom is 0.161 e. The Morgan fingerprint density at radius 3 is 2.43 bits per heavy atom. The Morgan fingerprint density at radius 1 is 1.13 bits per heavy atom. The molecule has 0 N–H and O–H groups in total. The standard InChI is InChI=1S/C25H27NO3S/c1-4-6-21-7-5-8-25(30(27)28)26(22-14-9-19(2)10-15-22)24(21)18-13-20-11-16-23(29-3)17-12-20/h4,9-12,14-17,25,30H,1,5-8H2,2-3H3. The van der Waals surface area contributed by atoms with Gasteiger partial charge in [0.05, 0.1) is 12.8 Å². The summed E-state index contributed by atoms with van der Waals surface area (Å²) in [5, 5.41) is -0.620. The fourth-order valence-electron chi connectivity index (χ4n) is 3.60. The predicted molar refractivity (Wildman–Crippen MR) is 123 cm³/mol. The van der Waals surface area contributed by atoms with Crippen LogP contribution in [0.3, 0.4) is 0 Å². The van der Waals surface area contributed by atoms with Crippen molar-refractivity contribution in [3.8, 4) is 17.6 Å². The van der Waals surface area contributed by atoms with Crippen molar-refractivity contribution in [1.29, 1.82) is 0 Å². The third-order valence-corrected chi connectivity index (χ3v) is 6.15. The number of benzene rings is 2. The van der Waals surface area contributed by atoms with Gasteiger partial charge in [-0.3, -0.25) is 0 Å². The number of thiol groups is 1. The molecule has 0 spiro atoms. The molecule has 0 fully saturated rings. The van der Waals surface area contributed by atoms with Crippen molar-refractivity contribution >= 4 is 16.4 Å². The molecule has 0 radical (unpaired) electrons. The number of anilines is 1. The number of methoxy groups -OCH3 is 1. The van der Waals surface area contributed by atoms with E-state index in [0.717, 1.165) is 46.7 Å². The van der Waals surface area contributed by atoms with Gasteiger partial charge in [0.25, 0.3) is 0 Å². The summed E-state index contributed by atoms with van der Waals surface area (Å²) in [6, 6.07) is 15.5. The minimum atomic E-state index is -2.65. The summed E-state index contributed by atoms with van der Waals surface area (Å²) in [4.78, 5) is 1.90. The van der Waals surface area contributed by atoms with Gasteiger partial charge in [0.2, 0.25) is 0 Å². The summed E-state index contributed by atoms with van der Waals surface area (Å²) >= 11 is 0. The summed E-state index contributed by atoms with van der Waals surface area (Å²) in [6.45, 7) is 5.90. The highest BCUT2D eigenvalue weighted by atomic mass is 32.2. The van der Waals surface area contributed by atoms with Gasteiger partial charge >= 0.3 is 0 Å². The van der Waals surface area contributed by atoms with E-state index in [1.54, 1.807) is 7.11 Å². The van der Waals surface area contributed by atoms with Crippen LogP contribution >= 0.6 is 0 Å². The Bertz CT molecular complexity index is 1050. The van der Waals surface area contributed by atoms with E-state index in [-0.39, 0.29) is 0 Å². The molecule has 5 heteroatoms. The van der Waals surface area contributed by atoms with E-state index in [4.69, 9.17) is 4.74 Å². The molecule has 4 nitrogen and oxygen atoms in total. The second-order valence-corrected chi connectivity index (χ2v) is 8.45. The number of hydrogen-bond donors (Lipinski definition) is 1. The molecule has 3 rings (SSSR count). The summed E-state index contributed by atoms with van der Waals surface area (Å²) in [5.41, 5.74) is 4.68. The van der Waals surface area contributed by atoms with Gasteiger partial charge in [0, 0.05) is 11.3 Å². The average molecular weight is 422 g/mol. The third kappa shape index (κ3) is 5.14. The van der Waals surface area contributed by atoms with Crippen LogP contribution in [0.2, 0.25) is 0 Å². The van der Waals surface area contributed by atoms with Crippen molar-refractivity contribution in [2.45, 2.75) is 38.0 Å². The quantitative estimate of drug-likeness (QED) is 0.427. The molecule has 30 heavy (non-hydrogen) atoms. The van der Waals surface area contributed by atoms with Gasteiger partial charge in [-0.2, -0.15) is 0 Å². The highest BCUT2D eigenvalue weighted by Gasteiger charge is 2.29. The van der Waals surface area contributed by atoms with Crippen LogP contribution in [-0.4, -0.2) is 20.9 Å². The monoisotopic (exact) mass is 421 g/mol. The lowest BCUT2D eigenvalue weighted by molar-refractivity contribution is 0.415. The van der Waals surface area contributed by atoms with Crippen LogP contribution in [0.5, 0.6) is 5.75 Å². The zero-order valence-electron chi connectivity index (χ0n) is 17.4. The van der Waals surface area contributed by atoms with Crippen LogP contribution in [0.15, 0.2) is 72.5 Å². The number of ether oxygens (including phenoxy) is 1. The number of allylic oxidation sites excluding steroid dienone is 3. The van der Waals surface area contributed by atoms with E-state index in [2.05, 4.69) is 18.4 Å². The topological polar surface area (TPSA) is 46.6 Å². The van der Waals surface area contributed by atoms with E-state index >= 15 is 0 Å². The van der Waals surface area contributed by atoms with Crippen LogP contribution in [-0.2, 0) is 10.7 Å². The molecule has 2 aromatic carbocycles. The minimum absolute atomic E-state index is 0.570. The predicted octanol–water partition coefficient (Wildman–Crippen LogP) is 4.81. The zero-order valence-corrected chi connectivity index (χ0v) is 18.3. The SMILES string of the molecule is C=CCC1=C(C#Cc2ccc(OC)cc2)N(c2ccc(C)cc2)C([SH](=O)=O)CCC1. The Morgan fingerprint density at radius 2 is 1.83 bits per heavy atom. The second-order valence-electron chi connectivity index (χ2n) is 7.29. The average Bonchev–Trinajstić information content (AvgIpc) is 2.93. The van der Waals surface area contributed by atoms with Gasteiger partial charge in [-0.25, -0.2) is 8.42 Å². The molecular formula is C25H27NO3S. The van der Waals surface area contributed by atoms with Crippen molar-refractivity contribution in [3.05, 3.63) is 83.6 Å². The molecule has 0 amide bonds. The van der Waals surface area contributed by atoms with Crippen molar-refractivity contribution in [2.75, 3.05) is 12.0 Å². The lowest BCUT2D eigenvalue weighted by Gasteiger charge is -2.29. The summed E-state index contributed by atoms with van der Waals surface area (Å²) in [5.74, 6) is 7.28. The van der Waals surface area contributed by atoms with Gasteiger partial charge in [-0.05, 0) is 80.5 Å². The van der Waals surface area contributed by atoms with Crippen molar-refractivity contribution in [2.24, 2.45) is 0 Å². The number of rotatable bonds is 5. The summed E-state index contributed by atoms with van der Waals surface area (Å²) < 4.78 is 29.6. The van der Waals surface area contributed by atoms with E-state index in [0.29, 0.717) is 12.8 Å². The molecule has 0 saturated heterocycles. The smallest absolute Gasteiger partial charge is 0.161 e. The first-order valence-electron chi connectivity index (χ1n) is 10.0. The largest absolute Gasteiger partial charge is 0.497 e. The Kier molecular flexibility index (Phi) is 7.37. The van der Waals surface area contributed by atoms with Crippen LogP contribution < -0.4 is 9.64 Å². The number of hydrogen-bond acceptors (Lipinski definition) is 4. The summed E-state index contributed by atoms with van der Waals surface area (Å²) in [6.07, 6.45) is 4.71. The highest BCUT2D eigenvalue weighted by Crippen LogP contribution is 2.33. The van der Waals surface area contributed by atoms with Gasteiger partial charge in [0.1, 0.15) is 11.1 Å². The molecule has 1 atom stereocenters. The molecule has 1 aliphatic rings. The van der Waals surface area contributed by atoms with Crippen molar-refractivity contribution in [1.82, 2.24) is 0 Å². The van der Waals surface area contributed by atoms with Gasteiger partial charge in [-0.15, -0.1) is 6.58 Å². The number of aryl methyl sites for hydroxylation is 1. The van der Waals surface area contributed by atoms with Crippen molar-refractivity contribution < 1.29 is 13.2 Å². The minimum Gasteiger partial charge on any atom is -0.497 e. The molecule has 0 saturated carbocycles. The maximum absolute atomic E-state index is 12.2. The third-order valence-electron chi connectivity index (χ3n) is 5.18. The Balaban J connectivity index is 2.14. The first-order valence-corrected chi connectivity index (χ1v) is 11.3. The van der Waals surface area contributed by atoms with Crippen LogP contribution in [0.4, 0.5) is 5.69 Å². The van der Waals surface area contributed by atoms with Crippen LogP contribution in [0, 0.1) is 18.8 Å². The normalized spacial score (nSPS) is 16.6. The van der Waals surface area contributed by atoms with Gasteiger partial charge in [-0.1, -0.05) is 29.7 Å². The molecule has 0 bridgehead atoms. The molecule has 156 valence electrons. The molecule has 2 aromatic rings. The molecule has 0 aromatic heterocycles. The molecule has 1 heterocycles. The maximum atomic E-state index is 12.2. The van der Waals surface area contributed by atoms with Gasteiger partial charge < -0.3 is 9.64 Å². The first kappa shape index (κ1) is 21.7. The summed E-state index contributed by atoms with van der Waals surface area (Å²) in [7, 11) is -1.02. The first-order chi connectivity index (χ1) is 14.5. The molecule has 0 aliphatic carbocycles. The number of nitrogens with zero attached hydrogens (tertiary/aromatic N) is 1. The fraction of sp³-hybridized carbons (Fsp3) is 0.280. The van der Waals surface area contributed by atoms with Crippen molar-refractivity contribution in [3.63, 3.8) is 0 Å². The molecule has 1 aliphatic heterocycles. The molecule has 1 unspecified atom stereocenters. The highest BCUT2D eigenvalue weighted by molar-refractivity contribution is 7.73. The van der Waals surface area contributed by atoms with Gasteiger partial charge in [0.15, 0.2) is 10.7 Å². The van der Waals surface area contributed by atoms with E-state index in [1.807, 2.05) is 66.4 Å². The van der Waals surface area contributed by atoms with E-state index < -0.39 is 16.1 Å². The van der Waals surface area contributed by atoms with E-state index in [1.165, 1.54) is 0 Å². The molecular weight excluding hydrogens is 394 g/mol. The van der Waals surface area contributed by atoms with Crippen LogP contribution in [0.25, 0.3) is 0 Å². The fourth-order valence-corrected chi connectivity index (χ4v) is 4.43. The van der Waals surface area contributed by atoms with E-state index in [9.17, 15) is 8.42 Å². The van der Waals surface area contributed by atoms with Crippen LogP contribution in [0.1, 0.15) is 36.8 Å². The zero-order chi connectivity index (χ0) is 21.5. The second kappa shape index (κ2) is 10.2. The Labute approximate surface area is 180 Å². The Hall–Kier alpha value is -2.97. The lowest BCUT2D eigenvalue weighted by Crippen LogP contribution is -2.35. The lowest BCUT2D eigenvalue weighted by atomic mass is 10.0.